The minimum Gasteiger partial charge on any atom is -0.352 e. The second kappa shape index (κ2) is 12.0. The van der Waals surface area contributed by atoms with Crippen LogP contribution in [0.4, 0.5) is 4.39 Å². The summed E-state index contributed by atoms with van der Waals surface area (Å²) in [5.74, 6) is 0.140. The molecular formula is C26H33FN2O2S. The highest BCUT2D eigenvalue weighted by Crippen LogP contribution is 2.20. The van der Waals surface area contributed by atoms with Gasteiger partial charge in [0.1, 0.15) is 11.9 Å². The van der Waals surface area contributed by atoms with E-state index in [1.807, 2.05) is 31.2 Å². The number of hydrogen-bond donors (Lipinski definition) is 1. The monoisotopic (exact) mass is 456 g/mol. The predicted molar refractivity (Wildman–Crippen MR) is 129 cm³/mol. The van der Waals surface area contributed by atoms with E-state index in [1.165, 1.54) is 24.2 Å². The topological polar surface area (TPSA) is 49.4 Å². The molecule has 1 saturated carbocycles. The number of nitrogens with zero attached hydrogens (tertiary/aromatic N) is 1. The van der Waals surface area contributed by atoms with Gasteiger partial charge in [-0.05, 0) is 43.9 Å². The molecule has 0 heterocycles. The second-order valence-electron chi connectivity index (χ2n) is 8.61. The number of rotatable bonds is 9. The molecule has 3 rings (SSSR count). The van der Waals surface area contributed by atoms with E-state index >= 15 is 0 Å². The molecule has 0 unspecified atom stereocenters. The summed E-state index contributed by atoms with van der Waals surface area (Å²) >= 11 is 1.37. The maximum absolute atomic E-state index is 13.9. The number of benzene rings is 2. The zero-order chi connectivity index (χ0) is 22.9. The van der Waals surface area contributed by atoms with Gasteiger partial charge in [0.2, 0.25) is 11.8 Å². The lowest BCUT2D eigenvalue weighted by molar-refractivity contribution is -0.139. The Bertz CT molecular complexity index is 914. The summed E-state index contributed by atoms with van der Waals surface area (Å²) in [6.45, 7) is 4.19. The molecule has 2 aromatic carbocycles. The van der Waals surface area contributed by atoms with Gasteiger partial charge in [0.15, 0.2) is 0 Å². The first-order valence-electron chi connectivity index (χ1n) is 11.4. The van der Waals surface area contributed by atoms with Crippen LogP contribution in [0.1, 0.15) is 55.7 Å². The van der Waals surface area contributed by atoms with Crippen LogP contribution in [-0.2, 0) is 21.9 Å². The van der Waals surface area contributed by atoms with E-state index in [0.717, 1.165) is 36.8 Å². The number of carbonyl (C=O) groups excluding carboxylic acids is 2. The summed E-state index contributed by atoms with van der Waals surface area (Å²) in [7, 11) is 0. The minimum atomic E-state index is -0.570. The van der Waals surface area contributed by atoms with Crippen LogP contribution < -0.4 is 5.32 Å². The van der Waals surface area contributed by atoms with Crippen molar-refractivity contribution in [2.45, 2.75) is 70.3 Å². The van der Waals surface area contributed by atoms with E-state index < -0.39 is 6.04 Å². The van der Waals surface area contributed by atoms with E-state index in [1.54, 1.807) is 30.0 Å². The van der Waals surface area contributed by atoms with Gasteiger partial charge in [-0.15, -0.1) is 11.8 Å². The van der Waals surface area contributed by atoms with Crippen molar-refractivity contribution in [3.05, 3.63) is 71.0 Å². The summed E-state index contributed by atoms with van der Waals surface area (Å²) in [6, 6.07) is 14.2. The first-order chi connectivity index (χ1) is 15.4. The lowest BCUT2D eigenvalue weighted by Crippen LogP contribution is -2.50. The van der Waals surface area contributed by atoms with Crippen LogP contribution in [0.15, 0.2) is 48.5 Å². The molecule has 2 aromatic rings. The van der Waals surface area contributed by atoms with Crippen LogP contribution in [0, 0.1) is 12.7 Å². The Morgan fingerprint density at radius 3 is 2.59 bits per heavy atom. The first kappa shape index (κ1) is 24.3. The molecule has 0 aliphatic heterocycles. The van der Waals surface area contributed by atoms with Crippen molar-refractivity contribution in [3.63, 3.8) is 0 Å². The average molecular weight is 457 g/mol. The van der Waals surface area contributed by atoms with Crippen LogP contribution in [-0.4, -0.2) is 34.6 Å². The van der Waals surface area contributed by atoms with E-state index in [-0.39, 0.29) is 29.4 Å². The van der Waals surface area contributed by atoms with Crippen LogP contribution >= 0.6 is 11.8 Å². The molecule has 2 amide bonds. The van der Waals surface area contributed by atoms with Gasteiger partial charge < -0.3 is 10.2 Å². The van der Waals surface area contributed by atoms with Crippen molar-refractivity contribution in [3.8, 4) is 0 Å². The number of hydrogen-bond acceptors (Lipinski definition) is 3. The number of nitrogens with one attached hydrogen (secondary N) is 1. The predicted octanol–water partition coefficient (Wildman–Crippen LogP) is 5.23. The Labute approximate surface area is 195 Å². The quantitative estimate of drug-likeness (QED) is 0.562. The molecule has 1 aliphatic rings. The molecule has 1 N–H and O–H groups in total. The third kappa shape index (κ3) is 7.09. The van der Waals surface area contributed by atoms with Crippen LogP contribution in [0.5, 0.6) is 0 Å². The summed E-state index contributed by atoms with van der Waals surface area (Å²) in [5, 5.41) is 3.15. The smallest absolute Gasteiger partial charge is 0.242 e. The Morgan fingerprint density at radius 1 is 1.12 bits per heavy atom. The Hall–Kier alpha value is -2.34. The second-order valence-corrected chi connectivity index (χ2v) is 9.60. The molecule has 0 spiro atoms. The average Bonchev–Trinajstić information content (AvgIpc) is 2.79. The fraction of sp³-hybridized carbons (Fsp3) is 0.462. The molecule has 6 heteroatoms. The third-order valence-electron chi connectivity index (χ3n) is 6.00. The van der Waals surface area contributed by atoms with Crippen molar-refractivity contribution in [1.29, 1.82) is 0 Å². The third-order valence-corrected chi connectivity index (χ3v) is 6.96. The van der Waals surface area contributed by atoms with Gasteiger partial charge in [0, 0.05) is 18.3 Å². The first-order valence-corrected chi connectivity index (χ1v) is 12.6. The summed E-state index contributed by atoms with van der Waals surface area (Å²) in [4.78, 5) is 27.8. The molecule has 0 saturated heterocycles. The van der Waals surface area contributed by atoms with Crippen molar-refractivity contribution in [1.82, 2.24) is 10.2 Å². The van der Waals surface area contributed by atoms with E-state index in [2.05, 4.69) is 5.32 Å². The maximum Gasteiger partial charge on any atom is 0.242 e. The molecule has 1 aliphatic carbocycles. The number of amides is 2. The zero-order valence-electron chi connectivity index (χ0n) is 19.0. The van der Waals surface area contributed by atoms with Gasteiger partial charge in [-0.3, -0.25) is 9.59 Å². The van der Waals surface area contributed by atoms with E-state index in [0.29, 0.717) is 17.9 Å². The highest BCUT2D eigenvalue weighted by atomic mass is 32.2. The molecule has 32 heavy (non-hydrogen) atoms. The Balaban J connectivity index is 1.66. The van der Waals surface area contributed by atoms with Gasteiger partial charge >= 0.3 is 0 Å². The number of aryl methyl sites for hydroxylation is 1. The van der Waals surface area contributed by atoms with Crippen molar-refractivity contribution >= 4 is 23.6 Å². The molecule has 172 valence electrons. The fourth-order valence-electron chi connectivity index (χ4n) is 4.11. The van der Waals surface area contributed by atoms with Crippen molar-refractivity contribution in [2.75, 3.05) is 5.75 Å². The fourth-order valence-corrected chi connectivity index (χ4v) is 5.00. The van der Waals surface area contributed by atoms with Crippen molar-refractivity contribution < 1.29 is 14.0 Å². The zero-order valence-corrected chi connectivity index (χ0v) is 19.8. The largest absolute Gasteiger partial charge is 0.352 e. The SMILES string of the molecule is Cc1cccc(CN(C(=O)CSCc2ccccc2F)[C@@H](C)C(=O)NC2CCCCC2)c1. The molecule has 4 nitrogen and oxygen atoms in total. The van der Waals surface area contributed by atoms with Gasteiger partial charge in [-0.2, -0.15) is 0 Å². The summed E-state index contributed by atoms with van der Waals surface area (Å²) in [5.41, 5.74) is 2.69. The van der Waals surface area contributed by atoms with Crippen LogP contribution in [0.2, 0.25) is 0 Å². The van der Waals surface area contributed by atoms with E-state index in [4.69, 9.17) is 0 Å². The highest BCUT2D eigenvalue weighted by Gasteiger charge is 2.28. The molecule has 1 fully saturated rings. The molecule has 0 bridgehead atoms. The van der Waals surface area contributed by atoms with Gasteiger partial charge in [0.25, 0.3) is 0 Å². The molecule has 1 atom stereocenters. The van der Waals surface area contributed by atoms with Crippen LogP contribution in [0.25, 0.3) is 0 Å². The Kier molecular flexibility index (Phi) is 9.15. The van der Waals surface area contributed by atoms with Crippen molar-refractivity contribution in [2.24, 2.45) is 0 Å². The number of thioether (sulfide) groups is 1. The minimum absolute atomic E-state index is 0.1000. The standard InChI is InChI=1S/C26H33FN2O2S/c1-19-9-8-10-21(15-19)16-29(20(2)26(31)28-23-12-4-3-5-13-23)25(30)18-32-17-22-11-6-7-14-24(22)27/h6-11,14-15,20,23H,3-5,12-13,16-18H2,1-2H3,(H,28,31)/t20-/m0/s1. The summed E-state index contributed by atoms with van der Waals surface area (Å²) in [6.07, 6.45) is 5.50. The Morgan fingerprint density at radius 2 is 1.88 bits per heavy atom. The van der Waals surface area contributed by atoms with Gasteiger partial charge in [-0.25, -0.2) is 4.39 Å². The molecule has 0 radical (unpaired) electrons. The van der Waals surface area contributed by atoms with E-state index in [9.17, 15) is 14.0 Å². The molecule has 0 aromatic heterocycles. The number of halogens is 1. The molecular weight excluding hydrogens is 423 g/mol. The normalized spacial score (nSPS) is 15.2. The maximum atomic E-state index is 13.9. The van der Waals surface area contributed by atoms with Crippen LogP contribution in [0.3, 0.4) is 0 Å². The van der Waals surface area contributed by atoms with Gasteiger partial charge in [0.05, 0.1) is 5.75 Å². The highest BCUT2D eigenvalue weighted by molar-refractivity contribution is 7.99. The summed E-state index contributed by atoms with van der Waals surface area (Å²) < 4.78 is 13.9. The van der Waals surface area contributed by atoms with Gasteiger partial charge in [-0.1, -0.05) is 67.3 Å². The lowest BCUT2D eigenvalue weighted by atomic mass is 9.95. The number of carbonyl (C=O) groups is 2. The lowest BCUT2D eigenvalue weighted by Gasteiger charge is -2.31.